The van der Waals surface area contributed by atoms with Gasteiger partial charge in [0.15, 0.2) is 0 Å². The third kappa shape index (κ3) is 5.17. The lowest BCUT2D eigenvalue weighted by atomic mass is 10.3. The highest BCUT2D eigenvalue weighted by molar-refractivity contribution is 5.93. The number of nitrogens with one attached hydrogen (secondary N) is 2. The van der Waals surface area contributed by atoms with Crippen molar-refractivity contribution < 1.29 is 19.1 Å². The van der Waals surface area contributed by atoms with Crippen LogP contribution in [0.5, 0.6) is 0 Å². The zero-order chi connectivity index (χ0) is 12.5. The Labute approximate surface area is 99.0 Å². The van der Waals surface area contributed by atoms with Crippen LogP contribution in [0.4, 0.5) is 0 Å². The van der Waals surface area contributed by atoms with Gasteiger partial charge in [-0.25, -0.2) is 0 Å². The van der Waals surface area contributed by atoms with Crippen LogP contribution in [0.3, 0.4) is 0 Å². The number of hydrogen-bond donors (Lipinski definition) is 3. The van der Waals surface area contributed by atoms with Gasteiger partial charge in [0.05, 0.1) is 11.8 Å². The molecule has 3 N–H and O–H groups in total. The highest BCUT2D eigenvalue weighted by atomic mass is 16.3. The molecule has 0 spiro atoms. The van der Waals surface area contributed by atoms with Crippen LogP contribution in [-0.2, 0) is 4.79 Å². The molecule has 1 aromatic rings. The largest absolute Gasteiger partial charge is 0.472 e. The molecule has 0 atom stereocenters. The number of aliphatic hydroxyl groups excluding tert-OH is 1. The van der Waals surface area contributed by atoms with E-state index in [2.05, 4.69) is 10.6 Å². The number of amides is 2. The fourth-order valence-electron chi connectivity index (χ4n) is 1.18. The number of carbonyl (C=O) groups excluding carboxylic acids is 2. The highest BCUT2D eigenvalue weighted by Gasteiger charge is 2.06. The Balaban J connectivity index is 2.11. The second kappa shape index (κ2) is 7.45. The average molecular weight is 240 g/mol. The summed E-state index contributed by atoms with van der Waals surface area (Å²) in [5.74, 6) is -0.409. The lowest BCUT2D eigenvalue weighted by Crippen LogP contribution is -2.31. The summed E-state index contributed by atoms with van der Waals surface area (Å²) in [5, 5.41) is 13.7. The first-order valence-electron chi connectivity index (χ1n) is 5.42. The summed E-state index contributed by atoms with van der Waals surface area (Å²) in [6, 6.07) is 1.55. The maximum atomic E-state index is 11.4. The Kier molecular flexibility index (Phi) is 5.81. The molecule has 1 rings (SSSR count). The Hall–Kier alpha value is -1.82. The van der Waals surface area contributed by atoms with Crippen molar-refractivity contribution in [2.24, 2.45) is 0 Å². The summed E-state index contributed by atoms with van der Waals surface area (Å²) < 4.78 is 4.76. The Morgan fingerprint density at radius 3 is 2.76 bits per heavy atom. The average Bonchev–Trinajstić information content (AvgIpc) is 2.82. The number of rotatable bonds is 7. The Bertz CT molecular complexity index is 348. The molecule has 0 saturated heterocycles. The van der Waals surface area contributed by atoms with Gasteiger partial charge >= 0.3 is 0 Å². The van der Waals surface area contributed by atoms with Gasteiger partial charge in [0.25, 0.3) is 5.91 Å². The quantitative estimate of drug-likeness (QED) is 0.580. The molecule has 0 aliphatic carbocycles. The highest BCUT2D eigenvalue weighted by Crippen LogP contribution is 1.98. The van der Waals surface area contributed by atoms with Crippen molar-refractivity contribution in [1.82, 2.24) is 10.6 Å². The van der Waals surface area contributed by atoms with Crippen molar-refractivity contribution in [2.75, 3.05) is 19.7 Å². The summed E-state index contributed by atoms with van der Waals surface area (Å²) >= 11 is 0. The Morgan fingerprint density at radius 1 is 1.29 bits per heavy atom. The van der Waals surface area contributed by atoms with E-state index in [0.717, 1.165) is 0 Å². The number of carbonyl (C=O) groups is 2. The standard InChI is InChI=1S/C11H16N2O4/c14-6-1-4-12-10(15)2-5-13-11(16)9-3-7-17-8-9/h3,7-8,14H,1-2,4-6H2,(H,12,15)(H,13,16). The molecule has 0 aliphatic heterocycles. The molecule has 0 bridgehead atoms. The Morgan fingerprint density at radius 2 is 2.12 bits per heavy atom. The van der Waals surface area contributed by atoms with Gasteiger partial charge in [-0.15, -0.1) is 0 Å². The van der Waals surface area contributed by atoms with Gasteiger partial charge in [0, 0.05) is 26.1 Å². The molecule has 0 unspecified atom stereocenters. The first-order chi connectivity index (χ1) is 8.24. The maximum Gasteiger partial charge on any atom is 0.254 e. The topological polar surface area (TPSA) is 91.6 Å². The number of aliphatic hydroxyl groups is 1. The minimum Gasteiger partial charge on any atom is -0.472 e. The minimum absolute atomic E-state index is 0.0531. The third-order valence-electron chi connectivity index (χ3n) is 2.08. The van der Waals surface area contributed by atoms with Gasteiger partial charge in [-0.2, -0.15) is 0 Å². The van der Waals surface area contributed by atoms with E-state index >= 15 is 0 Å². The van der Waals surface area contributed by atoms with Crippen LogP contribution >= 0.6 is 0 Å². The van der Waals surface area contributed by atoms with Crippen molar-refractivity contribution in [3.63, 3.8) is 0 Å². The number of hydrogen-bond acceptors (Lipinski definition) is 4. The molecule has 0 radical (unpaired) electrons. The van der Waals surface area contributed by atoms with Gasteiger partial charge in [0.2, 0.25) is 5.91 Å². The van der Waals surface area contributed by atoms with Gasteiger partial charge in [0.1, 0.15) is 6.26 Å². The summed E-state index contributed by atoms with van der Waals surface area (Å²) in [7, 11) is 0. The molecular weight excluding hydrogens is 224 g/mol. The zero-order valence-corrected chi connectivity index (χ0v) is 9.44. The second-order valence-electron chi connectivity index (χ2n) is 3.45. The van der Waals surface area contributed by atoms with Crippen molar-refractivity contribution in [3.05, 3.63) is 24.2 Å². The summed E-state index contributed by atoms with van der Waals surface area (Å²) in [6.45, 7) is 0.775. The van der Waals surface area contributed by atoms with Crippen molar-refractivity contribution in [2.45, 2.75) is 12.8 Å². The summed E-state index contributed by atoms with van der Waals surface area (Å²) in [5.41, 5.74) is 0.436. The lowest BCUT2D eigenvalue weighted by Gasteiger charge is -2.05. The van der Waals surface area contributed by atoms with Gasteiger partial charge < -0.3 is 20.2 Å². The van der Waals surface area contributed by atoms with Crippen LogP contribution < -0.4 is 10.6 Å². The fourth-order valence-corrected chi connectivity index (χ4v) is 1.18. The van der Waals surface area contributed by atoms with E-state index in [0.29, 0.717) is 18.5 Å². The van der Waals surface area contributed by atoms with Gasteiger partial charge in [-0.3, -0.25) is 9.59 Å². The van der Waals surface area contributed by atoms with Crippen LogP contribution in [0.2, 0.25) is 0 Å². The summed E-state index contributed by atoms with van der Waals surface area (Å²) in [6.07, 6.45) is 3.51. The van der Waals surface area contributed by atoms with Crippen molar-refractivity contribution in [3.8, 4) is 0 Å². The van der Waals surface area contributed by atoms with Crippen molar-refractivity contribution in [1.29, 1.82) is 0 Å². The summed E-state index contributed by atoms with van der Waals surface area (Å²) in [4.78, 5) is 22.6. The minimum atomic E-state index is -0.262. The third-order valence-corrected chi connectivity index (χ3v) is 2.08. The smallest absolute Gasteiger partial charge is 0.254 e. The van der Waals surface area contributed by atoms with E-state index in [-0.39, 0.29) is 31.4 Å². The van der Waals surface area contributed by atoms with Crippen LogP contribution in [0, 0.1) is 0 Å². The zero-order valence-electron chi connectivity index (χ0n) is 9.44. The monoisotopic (exact) mass is 240 g/mol. The van der Waals surface area contributed by atoms with Gasteiger partial charge in [-0.05, 0) is 12.5 Å². The molecule has 6 nitrogen and oxygen atoms in total. The van der Waals surface area contributed by atoms with Crippen molar-refractivity contribution >= 4 is 11.8 Å². The first kappa shape index (κ1) is 13.2. The molecule has 0 fully saturated rings. The maximum absolute atomic E-state index is 11.4. The molecular formula is C11H16N2O4. The second-order valence-corrected chi connectivity index (χ2v) is 3.45. The normalized spacial score (nSPS) is 9.94. The van der Waals surface area contributed by atoms with E-state index in [9.17, 15) is 9.59 Å². The molecule has 17 heavy (non-hydrogen) atoms. The lowest BCUT2D eigenvalue weighted by molar-refractivity contribution is -0.120. The molecule has 1 heterocycles. The molecule has 94 valence electrons. The van der Waals surface area contributed by atoms with E-state index in [1.165, 1.54) is 12.5 Å². The van der Waals surface area contributed by atoms with Gasteiger partial charge in [-0.1, -0.05) is 0 Å². The fraction of sp³-hybridized carbons (Fsp3) is 0.455. The van der Waals surface area contributed by atoms with E-state index < -0.39 is 0 Å². The molecule has 0 saturated carbocycles. The van der Waals surface area contributed by atoms with Crippen LogP contribution in [-0.4, -0.2) is 36.6 Å². The predicted molar refractivity (Wildman–Crippen MR) is 60.4 cm³/mol. The van der Waals surface area contributed by atoms with Crippen LogP contribution in [0.1, 0.15) is 23.2 Å². The molecule has 2 amide bonds. The van der Waals surface area contributed by atoms with Crippen LogP contribution in [0.25, 0.3) is 0 Å². The van der Waals surface area contributed by atoms with E-state index in [1.807, 2.05) is 0 Å². The molecule has 6 heteroatoms. The first-order valence-corrected chi connectivity index (χ1v) is 5.42. The van der Waals surface area contributed by atoms with E-state index in [1.54, 1.807) is 6.07 Å². The molecule has 0 aromatic carbocycles. The predicted octanol–water partition coefficient (Wildman–Crippen LogP) is -0.102. The molecule has 0 aliphatic rings. The van der Waals surface area contributed by atoms with Crippen LogP contribution in [0.15, 0.2) is 23.0 Å². The number of furan rings is 1. The van der Waals surface area contributed by atoms with E-state index in [4.69, 9.17) is 9.52 Å². The SMILES string of the molecule is O=C(CCNC(=O)c1ccoc1)NCCCO. The molecule has 1 aromatic heterocycles.